The van der Waals surface area contributed by atoms with Gasteiger partial charge in [0.05, 0.1) is 0 Å². The summed E-state index contributed by atoms with van der Waals surface area (Å²) in [4.78, 5) is 12.7. The van der Waals surface area contributed by atoms with E-state index in [4.69, 9.17) is 0 Å². The average Bonchev–Trinajstić information content (AvgIpc) is 3.10. The van der Waals surface area contributed by atoms with E-state index in [9.17, 15) is 10.1 Å². The molecule has 0 bridgehead atoms. The molecule has 0 N–H and O–H groups in total. The molecule has 0 aliphatic carbocycles. The number of allylic oxidation sites excluding steroid dienone is 1. The number of nitrogens with zero attached hydrogens (tertiary/aromatic N) is 2. The smallest absolute Gasteiger partial charge is 0.203 e. The van der Waals surface area contributed by atoms with Crippen molar-refractivity contribution >= 4 is 11.9 Å². The molecule has 0 atom stereocenters. The number of aromatic nitrogens is 1. The van der Waals surface area contributed by atoms with Crippen LogP contribution >= 0.6 is 0 Å². The Balaban J connectivity index is 1.68. The van der Waals surface area contributed by atoms with Gasteiger partial charge in [0.25, 0.3) is 0 Å². The fourth-order valence-electron chi connectivity index (χ4n) is 3.81. The lowest BCUT2D eigenvalue weighted by Crippen LogP contribution is -2.02. The zero-order chi connectivity index (χ0) is 21.8. The van der Waals surface area contributed by atoms with Crippen LogP contribution in [0.5, 0.6) is 0 Å². The molecule has 3 nitrogen and oxygen atoms in total. The molecule has 0 spiro atoms. The molecule has 0 aliphatic rings. The summed E-state index contributed by atoms with van der Waals surface area (Å²) in [5.41, 5.74) is 6.92. The van der Waals surface area contributed by atoms with E-state index < -0.39 is 0 Å². The first-order chi connectivity index (χ1) is 15.1. The molecular formula is C28H22N2O. The van der Waals surface area contributed by atoms with E-state index >= 15 is 0 Å². The highest BCUT2D eigenvalue weighted by molar-refractivity contribution is 6.14. The molecule has 1 aromatic heterocycles. The van der Waals surface area contributed by atoms with E-state index in [2.05, 4.69) is 47.0 Å². The molecule has 3 aromatic carbocycles. The number of carbonyl (C=O) groups excluding carboxylic acids is 1. The second-order valence-electron chi connectivity index (χ2n) is 7.44. The maximum atomic E-state index is 12.7. The molecule has 150 valence electrons. The second kappa shape index (κ2) is 8.69. The highest BCUT2D eigenvalue weighted by Crippen LogP contribution is 2.26. The van der Waals surface area contributed by atoms with Gasteiger partial charge in [-0.05, 0) is 54.8 Å². The Labute approximate surface area is 182 Å². The van der Waals surface area contributed by atoms with Crippen LogP contribution in [0.4, 0.5) is 0 Å². The zero-order valence-corrected chi connectivity index (χ0v) is 17.5. The van der Waals surface area contributed by atoms with Crippen molar-refractivity contribution in [2.45, 2.75) is 13.8 Å². The van der Waals surface area contributed by atoms with E-state index in [1.165, 1.54) is 5.56 Å². The van der Waals surface area contributed by atoms with Gasteiger partial charge in [-0.1, -0.05) is 72.8 Å². The number of aryl methyl sites for hydroxylation is 1. The molecule has 0 saturated carbocycles. The van der Waals surface area contributed by atoms with Crippen LogP contribution in [0.25, 0.3) is 22.9 Å². The zero-order valence-electron chi connectivity index (χ0n) is 17.5. The third-order valence-corrected chi connectivity index (χ3v) is 5.40. The van der Waals surface area contributed by atoms with Gasteiger partial charge in [-0.3, -0.25) is 4.79 Å². The average molecular weight is 402 g/mol. The van der Waals surface area contributed by atoms with Gasteiger partial charge >= 0.3 is 0 Å². The maximum absolute atomic E-state index is 12.7. The standard InChI is InChI=1S/C28H22N2O/c1-20-17-25(18-26(19-29)28(31)24-11-7-4-8-12-24)21(2)30(20)27-15-13-23(14-16-27)22-9-5-3-6-10-22/h3-18H,1-2H3. The van der Waals surface area contributed by atoms with Crippen LogP contribution in [0.2, 0.25) is 0 Å². The maximum Gasteiger partial charge on any atom is 0.203 e. The van der Waals surface area contributed by atoms with Gasteiger partial charge in [0.1, 0.15) is 11.6 Å². The minimum absolute atomic E-state index is 0.130. The van der Waals surface area contributed by atoms with Gasteiger partial charge in [-0.2, -0.15) is 5.26 Å². The van der Waals surface area contributed by atoms with E-state index in [0.717, 1.165) is 28.2 Å². The molecule has 4 aromatic rings. The van der Waals surface area contributed by atoms with Gasteiger partial charge in [0.2, 0.25) is 5.78 Å². The molecule has 0 unspecified atom stereocenters. The van der Waals surface area contributed by atoms with Gasteiger partial charge in [0.15, 0.2) is 0 Å². The molecule has 1 heterocycles. The molecule has 0 radical (unpaired) electrons. The number of benzene rings is 3. The van der Waals surface area contributed by atoms with Crippen molar-refractivity contribution in [1.29, 1.82) is 5.26 Å². The number of hydrogen-bond acceptors (Lipinski definition) is 2. The number of nitriles is 1. The third kappa shape index (κ3) is 4.10. The molecule has 3 heteroatoms. The summed E-state index contributed by atoms with van der Waals surface area (Å²) in [7, 11) is 0. The Bertz CT molecular complexity index is 1290. The largest absolute Gasteiger partial charge is 0.318 e. The molecular weight excluding hydrogens is 380 g/mol. The lowest BCUT2D eigenvalue weighted by molar-refractivity contribution is 0.104. The highest BCUT2D eigenvalue weighted by Gasteiger charge is 2.15. The van der Waals surface area contributed by atoms with Crippen molar-refractivity contribution in [1.82, 2.24) is 4.57 Å². The van der Waals surface area contributed by atoms with E-state index in [1.54, 1.807) is 30.3 Å². The van der Waals surface area contributed by atoms with Crippen molar-refractivity contribution in [3.05, 3.63) is 119 Å². The van der Waals surface area contributed by atoms with Crippen molar-refractivity contribution in [3.63, 3.8) is 0 Å². The summed E-state index contributed by atoms with van der Waals surface area (Å²) in [5.74, 6) is -0.264. The van der Waals surface area contributed by atoms with Crippen molar-refractivity contribution < 1.29 is 4.79 Å². The summed E-state index contributed by atoms with van der Waals surface area (Å²) >= 11 is 0. The number of ketones is 1. The summed E-state index contributed by atoms with van der Waals surface area (Å²) in [6, 6.07) is 31.7. The summed E-state index contributed by atoms with van der Waals surface area (Å²) in [5, 5.41) is 9.60. The fraction of sp³-hybridized carbons (Fsp3) is 0.0714. The first-order valence-corrected chi connectivity index (χ1v) is 10.1. The minimum Gasteiger partial charge on any atom is -0.318 e. The minimum atomic E-state index is -0.264. The molecule has 0 fully saturated rings. The molecule has 31 heavy (non-hydrogen) atoms. The van der Waals surface area contributed by atoms with Crippen LogP contribution in [-0.2, 0) is 0 Å². The topological polar surface area (TPSA) is 45.8 Å². The van der Waals surface area contributed by atoms with Crippen molar-refractivity contribution in [3.8, 4) is 22.9 Å². The highest BCUT2D eigenvalue weighted by atomic mass is 16.1. The molecule has 4 rings (SSSR count). The quantitative estimate of drug-likeness (QED) is 0.216. The summed E-state index contributed by atoms with van der Waals surface area (Å²) in [6.07, 6.45) is 1.69. The summed E-state index contributed by atoms with van der Waals surface area (Å²) < 4.78 is 2.14. The first-order valence-electron chi connectivity index (χ1n) is 10.1. The Morgan fingerprint density at radius 2 is 1.42 bits per heavy atom. The second-order valence-corrected chi connectivity index (χ2v) is 7.44. The van der Waals surface area contributed by atoms with Crippen LogP contribution in [0.3, 0.4) is 0 Å². The lowest BCUT2D eigenvalue weighted by atomic mass is 10.0. The number of carbonyl (C=O) groups is 1. The summed E-state index contributed by atoms with van der Waals surface area (Å²) in [6.45, 7) is 4.03. The first kappa shape index (κ1) is 20.1. The molecule has 0 aliphatic heterocycles. The molecule has 0 amide bonds. The monoisotopic (exact) mass is 402 g/mol. The van der Waals surface area contributed by atoms with E-state index in [1.807, 2.05) is 44.2 Å². The van der Waals surface area contributed by atoms with E-state index in [-0.39, 0.29) is 11.4 Å². The predicted molar refractivity (Wildman–Crippen MR) is 125 cm³/mol. The third-order valence-electron chi connectivity index (χ3n) is 5.40. The normalized spacial score (nSPS) is 11.2. The van der Waals surface area contributed by atoms with Gasteiger partial charge < -0.3 is 4.57 Å². The van der Waals surface area contributed by atoms with E-state index in [0.29, 0.717) is 5.56 Å². The lowest BCUT2D eigenvalue weighted by Gasteiger charge is -2.11. The van der Waals surface area contributed by atoms with Crippen LogP contribution in [0.15, 0.2) is 96.6 Å². The van der Waals surface area contributed by atoms with Crippen LogP contribution in [0, 0.1) is 25.2 Å². The predicted octanol–water partition coefficient (Wildman–Crippen LogP) is 6.55. The molecule has 0 saturated heterocycles. The van der Waals surface area contributed by atoms with Crippen molar-refractivity contribution in [2.24, 2.45) is 0 Å². The SMILES string of the molecule is Cc1cc(C=C(C#N)C(=O)c2ccccc2)c(C)n1-c1ccc(-c2ccccc2)cc1. The number of rotatable bonds is 5. The Hall–Kier alpha value is -4.16. The van der Waals surface area contributed by atoms with Gasteiger partial charge in [-0.25, -0.2) is 0 Å². The van der Waals surface area contributed by atoms with Gasteiger partial charge in [-0.15, -0.1) is 0 Å². The van der Waals surface area contributed by atoms with Crippen molar-refractivity contribution in [2.75, 3.05) is 0 Å². The Kier molecular flexibility index (Phi) is 5.64. The number of hydrogen-bond donors (Lipinski definition) is 0. The van der Waals surface area contributed by atoms with Crippen LogP contribution < -0.4 is 0 Å². The Morgan fingerprint density at radius 1 is 0.839 bits per heavy atom. The van der Waals surface area contributed by atoms with Crippen LogP contribution in [0.1, 0.15) is 27.3 Å². The van der Waals surface area contributed by atoms with Crippen LogP contribution in [-0.4, -0.2) is 10.4 Å². The Morgan fingerprint density at radius 3 is 2.03 bits per heavy atom. The number of Topliss-reactive ketones (excluding diaryl/α,β-unsaturated/α-hetero) is 1. The fourth-order valence-corrected chi connectivity index (χ4v) is 3.81. The van der Waals surface area contributed by atoms with Gasteiger partial charge in [0, 0.05) is 22.6 Å².